The Balaban J connectivity index is 2.21. The average molecular weight is 276 g/mol. The van der Waals surface area contributed by atoms with Crippen LogP contribution in [0.25, 0.3) is 0 Å². The SMILES string of the molecule is CCOC(=O)C(C)(NC1CCCCC1)c1ccccn1. The number of rotatable bonds is 5. The van der Waals surface area contributed by atoms with Crippen LogP contribution >= 0.6 is 0 Å². The van der Waals surface area contributed by atoms with Gasteiger partial charge in [0.2, 0.25) is 0 Å². The maximum Gasteiger partial charge on any atom is 0.332 e. The molecule has 1 saturated carbocycles. The molecule has 2 rings (SSSR count). The molecule has 1 N–H and O–H groups in total. The molecule has 1 heterocycles. The van der Waals surface area contributed by atoms with Gasteiger partial charge in [0.1, 0.15) is 0 Å². The molecule has 0 bridgehead atoms. The fourth-order valence-corrected chi connectivity index (χ4v) is 2.83. The van der Waals surface area contributed by atoms with Crippen LogP contribution in [0.1, 0.15) is 51.6 Å². The lowest BCUT2D eigenvalue weighted by Crippen LogP contribution is -2.53. The van der Waals surface area contributed by atoms with Gasteiger partial charge in [0.15, 0.2) is 5.54 Å². The molecule has 1 unspecified atom stereocenters. The Hall–Kier alpha value is -1.42. The third-order valence-electron chi connectivity index (χ3n) is 3.96. The molecule has 1 aliphatic rings. The zero-order valence-corrected chi connectivity index (χ0v) is 12.4. The number of aromatic nitrogens is 1. The lowest BCUT2D eigenvalue weighted by Gasteiger charge is -2.34. The van der Waals surface area contributed by atoms with Crippen molar-refractivity contribution in [1.82, 2.24) is 10.3 Å². The summed E-state index contributed by atoms with van der Waals surface area (Å²) in [5.74, 6) is -0.246. The number of pyridine rings is 1. The van der Waals surface area contributed by atoms with E-state index in [9.17, 15) is 4.79 Å². The minimum absolute atomic E-state index is 0.246. The summed E-state index contributed by atoms with van der Waals surface area (Å²) in [7, 11) is 0. The van der Waals surface area contributed by atoms with E-state index in [1.165, 1.54) is 19.3 Å². The molecule has 4 nitrogen and oxygen atoms in total. The predicted octanol–water partition coefficient (Wildman–Crippen LogP) is 2.78. The van der Waals surface area contributed by atoms with Crippen LogP contribution < -0.4 is 5.32 Å². The van der Waals surface area contributed by atoms with Crippen molar-refractivity contribution in [2.45, 2.75) is 57.5 Å². The van der Waals surface area contributed by atoms with Gasteiger partial charge < -0.3 is 4.74 Å². The molecule has 4 heteroatoms. The van der Waals surface area contributed by atoms with Gasteiger partial charge in [-0.05, 0) is 38.8 Å². The molecule has 0 aliphatic heterocycles. The Kier molecular flexibility index (Phi) is 5.12. The van der Waals surface area contributed by atoms with Crippen LogP contribution in [0.15, 0.2) is 24.4 Å². The highest BCUT2D eigenvalue weighted by molar-refractivity contribution is 5.81. The molecule has 0 amide bonds. The summed E-state index contributed by atoms with van der Waals surface area (Å²) in [6.45, 7) is 4.09. The molecule has 1 aliphatic carbocycles. The van der Waals surface area contributed by atoms with Crippen molar-refractivity contribution in [2.24, 2.45) is 0 Å². The molecule has 1 aromatic rings. The summed E-state index contributed by atoms with van der Waals surface area (Å²) in [6, 6.07) is 6.00. The maximum absolute atomic E-state index is 12.4. The van der Waals surface area contributed by atoms with E-state index in [1.54, 1.807) is 6.20 Å². The van der Waals surface area contributed by atoms with E-state index < -0.39 is 5.54 Å². The van der Waals surface area contributed by atoms with Gasteiger partial charge >= 0.3 is 5.97 Å². The number of carbonyl (C=O) groups excluding carboxylic acids is 1. The van der Waals surface area contributed by atoms with Crippen molar-refractivity contribution in [1.29, 1.82) is 0 Å². The molecule has 20 heavy (non-hydrogen) atoms. The summed E-state index contributed by atoms with van der Waals surface area (Å²) in [5, 5.41) is 3.50. The summed E-state index contributed by atoms with van der Waals surface area (Å²) in [5.41, 5.74) is -0.136. The highest BCUT2D eigenvalue weighted by atomic mass is 16.5. The number of nitrogens with zero attached hydrogens (tertiary/aromatic N) is 1. The fraction of sp³-hybridized carbons (Fsp3) is 0.625. The lowest BCUT2D eigenvalue weighted by atomic mass is 9.90. The van der Waals surface area contributed by atoms with Gasteiger partial charge in [0.25, 0.3) is 0 Å². The first kappa shape index (κ1) is 15.0. The third kappa shape index (κ3) is 3.37. The maximum atomic E-state index is 12.4. The van der Waals surface area contributed by atoms with Crippen molar-refractivity contribution >= 4 is 5.97 Å². The Morgan fingerprint density at radius 3 is 2.75 bits per heavy atom. The van der Waals surface area contributed by atoms with Crippen LogP contribution in [0.2, 0.25) is 0 Å². The van der Waals surface area contributed by atoms with Crippen LogP contribution in [-0.2, 0) is 15.1 Å². The van der Waals surface area contributed by atoms with Gasteiger partial charge in [-0.2, -0.15) is 0 Å². The van der Waals surface area contributed by atoms with E-state index in [-0.39, 0.29) is 5.97 Å². The first-order valence-electron chi connectivity index (χ1n) is 7.53. The van der Waals surface area contributed by atoms with Crippen LogP contribution in [0, 0.1) is 0 Å². The second-order valence-corrected chi connectivity index (χ2v) is 5.54. The van der Waals surface area contributed by atoms with Gasteiger partial charge in [0.05, 0.1) is 12.3 Å². The molecule has 0 spiro atoms. The molecule has 0 aromatic carbocycles. The van der Waals surface area contributed by atoms with E-state index in [2.05, 4.69) is 10.3 Å². The van der Waals surface area contributed by atoms with E-state index in [0.717, 1.165) is 18.5 Å². The number of nitrogens with one attached hydrogen (secondary N) is 1. The van der Waals surface area contributed by atoms with Gasteiger partial charge in [-0.3, -0.25) is 10.3 Å². The molecule has 0 radical (unpaired) electrons. The fourth-order valence-electron chi connectivity index (χ4n) is 2.83. The largest absolute Gasteiger partial charge is 0.464 e. The normalized spacial score (nSPS) is 19.3. The molecular weight excluding hydrogens is 252 g/mol. The van der Waals surface area contributed by atoms with E-state index in [4.69, 9.17) is 4.74 Å². The number of hydrogen-bond acceptors (Lipinski definition) is 4. The summed E-state index contributed by atoms with van der Waals surface area (Å²) in [4.78, 5) is 16.8. The zero-order chi connectivity index (χ0) is 14.4. The quantitative estimate of drug-likeness (QED) is 0.840. The van der Waals surface area contributed by atoms with Crippen molar-refractivity contribution in [3.05, 3.63) is 30.1 Å². The number of carbonyl (C=O) groups is 1. The Bertz CT molecular complexity index is 429. The average Bonchev–Trinajstić information content (AvgIpc) is 2.49. The highest BCUT2D eigenvalue weighted by Gasteiger charge is 2.39. The van der Waals surface area contributed by atoms with Crippen molar-refractivity contribution < 1.29 is 9.53 Å². The standard InChI is InChI=1S/C16H24N2O2/c1-3-20-15(19)16(2,14-11-7-8-12-17-14)18-13-9-5-4-6-10-13/h7-8,11-13,18H,3-6,9-10H2,1-2H3. The smallest absolute Gasteiger partial charge is 0.332 e. The molecular formula is C16H24N2O2. The summed E-state index contributed by atoms with van der Waals surface area (Å²) < 4.78 is 5.26. The van der Waals surface area contributed by atoms with E-state index in [0.29, 0.717) is 12.6 Å². The first-order chi connectivity index (χ1) is 9.66. The predicted molar refractivity (Wildman–Crippen MR) is 78.2 cm³/mol. The second kappa shape index (κ2) is 6.84. The van der Waals surface area contributed by atoms with Crippen molar-refractivity contribution in [3.63, 3.8) is 0 Å². The Morgan fingerprint density at radius 2 is 2.15 bits per heavy atom. The molecule has 0 saturated heterocycles. The van der Waals surface area contributed by atoms with E-state index in [1.807, 2.05) is 32.0 Å². The summed E-state index contributed by atoms with van der Waals surface area (Å²) in [6.07, 6.45) is 7.68. The Morgan fingerprint density at radius 1 is 1.40 bits per heavy atom. The molecule has 110 valence electrons. The van der Waals surface area contributed by atoms with Crippen LogP contribution in [-0.4, -0.2) is 23.6 Å². The number of esters is 1. The number of ether oxygens (including phenoxy) is 1. The molecule has 1 atom stereocenters. The van der Waals surface area contributed by atoms with Crippen LogP contribution in [0.4, 0.5) is 0 Å². The molecule has 1 aromatic heterocycles. The number of hydrogen-bond donors (Lipinski definition) is 1. The second-order valence-electron chi connectivity index (χ2n) is 5.54. The monoisotopic (exact) mass is 276 g/mol. The van der Waals surface area contributed by atoms with Crippen LogP contribution in [0.3, 0.4) is 0 Å². The van der Waals surface area contributed by atoms with Crippen LogP contribution in [0.5, 0.6) is 0 Å². The highest BCUT2D eigenvalue weighted by Crippen LogP contribution is 2.26. The van der Waals surface area contributed by atoms with Crippen molar-refractivity contribution in [3.8, 4) is 0 Å². The molecule has 1 fully saturated rings. The topological polar surface area (TPSA) is 51.2 Å². The van der Waals surface area contributed by atoms with Gasteiger partial charge in [0, 0.05) is 12.2 Å². The van der Waals surface area contributed by atoms with E-state index >= 15 is 0 Å². The Labute approximate surface area is 120 Å². The summed E-state index contributed by atoms with van der Waals surface area (Å²) >= 11 is 0. The lowest BCUT2D eigenvalue weighted by molar-refractivity contribution is -0.151. The minimum atomic E-state index is -0.862. The van der Waals surface area contributed by atoms with Gasteiger partial charge in [-0.1, -0.05) is 25.3 Å². The third-order valence-corrected chi connectivity index (χ3v) is 3.96. The minimum Gasteiger partial charge on any atom is -0.464 e. The van der Waals surface area contributed by atoms with Gasteiger partial charge in [-0.25, -0.2) is 4.79 Å². The first-order valence-corrected chi connectivity index (χ1v) is 7.53. The van der Waals surface area contributed by atoms with Gasteiger partial charge in [-0.15, -0.1) is 0 Å². The van der Waals surface area contributed by atoms with Crippen molar-refractivity contribution in [2.75, 3.05) is 6.61 Å². The zero-order valence-electron chi connectivity index (χ0n) is 12.4.